The smallest absolute Gasteiger partial charge is 0.379 e. The maximum absolute atomic E-state index is 12.1. The van der Waals surface area contributed by atoms with E-state index >= 15 is 0 Å². The highest BCUT2D eigenvalue weighted by Crippen LogP contribution is 2.22. The van der Waals surface area contributed by atoms with Gasteiger partial charge in [0.2, 0.25) is 0 Å². The minimum absolute atomic E-state index is 0. The Morgan fingerprint density at radius 3 is 2.47 bits per heavy atom. The summed E-state index contributed by atoms with van der Waals surface area (Å²) >= 11 is 0. The molecule has 0 atom stereocenters. The standard InChI is InChI=1S/C20H22N3O5S.ClH/c1-21(2)29(25,26)23-12-11-22(16-23)14-20(24)27-15-17-7-6-10-19(13-17)28-18-8-4-3-5-9-18;/h3-13,16H,14-15H2,1-2H3;1H/q+1;/p-1. The fraction of sp³-hybridized carbons (Fsp3) is 0.200. The molecule has 0 spiro atoms. The molecule has 3 aromatic rings. The van der Waals surface area contributed by atoms with Crippen LogP contribution in [0.25, 0.3) is 0 Å². The molecule has 0 aliphatic heterocycles. The Balaban J connectivity index is 0.00000320. The number of rotatable bonds is 8. The number of imidazole rings is 1. The molecule has 0 fully saturated rings. The van der Waals surface area contributed by atoms with Crippen LogP contribution in [0.5, 0.6) is 11.5 Å². The van der Waals surface area contributed by atoms with Crippen molar-refractivity contribution in [1.29, 1.82) is 0 Å². The lowest BCUT2D eigenvalue weighted by Gasteiger charge is -2.08. The number of hydrogen-bond acceptors (Lipinski definition) is 5. The molecule has 0 radical (unpaired) electrons. The number of carbonyl (C=O) groups excluding carboxylic acids is 1. The Morgan fingerprint density at radius 1 is 1.07 bits per heavy atom. The first-order chi connectivity index (χ1) is 13.8. The molecule has 3 rings (SSSR count). The molecule has 0 saturated heterocycles. The molecule has 0 aliphatic carbocycles. The van der Waals surface area contributed by atoms with Gasteiger partial charge in [0.1, 0.15) is 30.5 Å². The second-order valence-electron chi connectivity index (χ2n) is 6.43. The second kappa shape index (κ2) is 10.2. The summed E-state index contributed by atoms with van der Waals surface area (Å²) in [6.07, 6.45) is 4.19. The zero-order valence-corrected chi connectivity index (χ0v) is 18.1. The Kier molecular flexibility index (Phi) is 7.99. The van der Waals surface area contributed by atoms with Crippen LogP contribution >= 0.6 is 0 Å². The summed E-state index contributed by atoms with van der Waals surface area (Å²) in [6, 6.07) is 16.7. The summed E-state index contributed by atoms with van der Waals surface area (Å²) in [5.41, 5.74) is 0.782. The van der Waals surface area contributed by atoms with Crippen LogP contribution in [0.1, 0.15) is 5.56 Å². The molecule has 0 saturated carbocycles. The van der Waals surface area contributed by atoms with E-state index < -0.39 is 16.2 Å². The van der Waals surface area contributed by atoms with Crippen molar-refractivity contribution in [2.75, 3.05) is 14.1 Å². The summed E-state index contributed by atoms with van der Waals surface area (Å²) in [4.78, 5) is 12.1. The highest BCUT2D eigenvalue weighted by atomic mass is 35.5. The maximum Gasteiger partial charge on any atom is 0.379 e. The van der Waals surface area contributed by atoms with Gasteiger partial charge in [-0.2, -0.15) is 12.7 Å². The van der Waals surface area contributed by atoms with Crippen molar-refractivity contribution in [1.82, 2.24) is 8.28 Å². The van der Waals surface area contributed by atoms with Crippen molar-refractivity contribution in [3.8, 4) is 11.5 Å². The minimum atomic E-state index is -3.61. The molecule has 2 aromatic carbocycles. The van der Waals surface area contributed by atoms with E-state index in [0.29, 0.717) is 5.75 Å². The van der Waals surface area contributed by atoms with Gasteiger partial charge in [0.05, 0.1) is 0 Å². The summed E-state index contributed by atoms with van der Waals surface area (Å²) < 4.78 is 38.7. The van der Waals surface area contributed by atoms with Gasteiger partial charge >= 0.3 is 16.2 Å². The zero-order chi connectivity index (χ0) is 20.9. The summed E-state index contributed by atoms with van der Waals surface area (Å²) in [6.45, 7) is -0.0156. The molecule has 160 valence electrons. The third kappa shape index (κ3) is 6.06. The lowest BCUT2D eigenvalue weighted by molar-refractivity contribution is -0.685. The molecule has 30 heavy (non-hydrogen) atoms. The third-order valence-corrected chi connectivity index (χ3v) is 5.66. The predicted molar refractivity (Wildman–Crippen MR) is 105 cm³/mol. The average Bonchev–Trinajstić information content (AvgIpc) is 3.16. The highest BCUT2D eigenvalue weighted by molar-refractivity contribution is 7.87. The van der Waals surface area contributed by atoms with E-state index in [1.165, 1.54) is 37.4 Å². The molecular weight excluding hydrogens is 430 g/mol. The number of esters is 1. The summed E-state index contributed by atoms with van der Waals surface area (Å²) in [5.74, 6) is 0.879. The van der Waals surface area contributed by atoms with Gasteiger partial charge in [0.25, 0.3) is 6.33 Å². The van der Waals surface area contributed by atoms with Crippen molar-refractivity contribution >= 4 is 16.2 Å². The third-order valence-electron chi connectivity index (χ3n) is 3.98. The Hall–Kier alpha value is -2.88. The minimum Gasteiger partial charge on any atom is -1.00 e. The number of carbonyl (C=O) groups is 1. The molecule has 0 N–H and O–H groups in total. The van der Waals surface area contributed by atoms with Gasteiger partial charge in [-0.15, -0.1) is 3.97 Å². The van der Waals surface area contributed by atoms with E-state index in [4.69, 9.17) is 9.47 Å². The van der Waals surface area contributed by atoms with Crippen molar-refractivity contribution in [2.45, 2.75) is 13.2 Å². The van der Waals surface area contributed by atoms with Crippen LogP contribution in [0.4, 0.5) is 0 Å². The average molecular weight is 452 g/mol. The number of ether oxygens (including phenoxy) is 2. The maximum atomic E-state index is 12.1. The van der Waals surface area contributed by atoms with Gasteiger partial charge in [-0.05, 0) is 29.8 Å². The normalized spacial score (nSPS) is 11.0. The number of aromatic nitrogens is 2. The van der Waals surface area contributed by atoms with E-state index in [2.05, 4.69) is 0 Å². The van der Waals surface area contributed by atoms with Crippen LogP contribution in [0.2, 0.25) is 0 Å². The summed E-state index contributed by atoms with van der Waals surface area (Å²) in [5, 5.41) is 0. The molecule has 8 nitrogen and oxygen atoms in total. The van der Waals surface area contributed by atoms with Gasteiger partial charge in [-0.1, -0.05) is 30.3 Å². The molecule has 0 aliphatic rings. The van der Waals surface area contributed by atoms with Gasteiger partial charge < -0.3 is 21.9 Å². The molecule has 0 amide bonds. The van der Waals surface area contributed by atoms with Crippen LogP contribution in [0, 0.1) is 0 Å². The van der Waals surface area contributed by atoms with Gasteiger partial charge in [0.15, 0.2) is 6.54 Å². The van der Waals surface area contributed by atoms with Gasteiger partial charge in [-0.3, -0.25) is 0 Å². The van der Waals surface area contributed by atoms with Crippen LogP contribution in [0.15, 0.2) is 73.3 Å². The molecular formula is C20H22ClN3O5S. The lowest BCUT2D eigenvalue weighted by Crippen LogP contribution is -3.00. The quantitative estimate of drug-likeness (QED) is 0.323. The molecule has 1 heterocycles. The second-order valence-corrected chi connectivity index (χ2v) is 8.48. The van der Waals surface area contributed by atoms with E-state index in [0.717, 1.165) is 19.6 Å². The van der Waals surface area contributed by atoms with Crippen molar-refractivity contribution < 1.29 is 39.7 Å². The fourth-order valence-corrected chi connectivity index (χ4v) is 3.30. The van der Waals surface area contributed by atoms with Crippen LogP contribution < -0.4 is 21.7 Å². The topological polar surface area (TPSA) is 81.7 Å². The Morgan fingerprint density at radius 2 is 1.77 bits per heavy atom. The molecule has 1 aromatic heterocycles. The number of hydrogen-bond donors (Lipinski definition) is 0. The lowest BCUT2D eigenvalue weighted by atomic mass is 10.2. The number of benzene rings is 2. The number of halogens is 1. The van der Waals surface area contributed by atoms with E-state index in [1.54, 1.807) is 6.07 Å². The molecule has 0 unspecified atom stereocenters. The first kappa shape index (κ1) is 23.4. The van der Waals surface area contributed by atoms with Gasteiger partial charge in [0, 0.05) is 14.1 Å². The fourth-order valence-electron chi connectivity index (χ4n) is 2.47. The first-order valence-corrected chi connectivity index (χ1v) is 10.2. The van der Waals surface area contributed by atoms with E-state index in [9.17, 15) is 13.2 Å². The predicted octanol–water partition coefficient (Wildman–Crippen LogP) is -1.03. The monoisotopic (exact) mass is 451 g/mol. The van der Waals surface area contributed by atoms with Crippen LogP contribution in [-0.4, -0.2) is 36.8 Å². The summed E-state index contributed by atoms with van der Waals surface area (Å²) in [7, 11) is -0.746. The SMILES string of the molecule is CN(C)S(=O)(=O)n1cc[n+](CC(=O)OCc2cccc(Oc3ccccc3)c2)c1.[Cl-]. The van der Waals surface area contributed by atoms with Crippen molar-refractivity contribution in [3.63, 3.8) is 0 Å². The Bertz CT molecular complexity index is 1080. The van der Waals surface area contributed by atoms with Gasteiger partial charge in [-0.25, -0.2) is 9.36 Å². The molecule has 10 heteroatoms. The zero-order valence-electron chi connectivity index (χ0n) is 16.5. The van der Waals surface area contributed by atoms with E-state index in [-0.39, 0.29) is 25.6 Å². The van der Waals surface area contributed by atoms with E-state index in [1.807, 2.05) is 48.5 Å². The van der Waals surface area contributed by atoms with Crippen molar-refractivity contribution in [2.24, 2.45) is 0 Å². The number of para-hydroxylation sites is 1. The first-order valence-electron chi connectivity index (χ1n) is 8.82. The Labute approximate surface area is 181 Å². The highest BCUT2D eigenvalue weighted by Gasteiger charge is 2.23. The van der Waals surface area contributed by atoms with Crippen LogP contribution in [0.3, 0.4) is 0 Å². The van der Waals surface area contributed by atoms with Crippen molar-refractivity contribution in [3.05, 3.63) is 78.9 Å². The largest absolute Gasteiger partial charge is 1.00 e. The molecule has 0 bridgehead atoms. The number of nitrogens with zero attached hydrogens (tertiary/aromatic N) is 3. The van der Waals surface area contributed by atoms with Crippen LogP contribution in [-0.2, 0) is 32.9 Å².